The minimum atomic E-state index is 0.152. The van der Waals surface area contributed by atoms with E-state index < -0.39 is 0 Å². The lowest BCUT2D eigenvalue weighted by Crippen LogP contribution is -2.20. The molecule has 2 N–H and O–H groups in total. The van der Waals surface area contributed by atoms with Crippen LogP contribution in [0.25, 0.3) is 0 Å². The average Bonchev–Trinajstić information content (AvgIpc) is 2.18. The molecule has 0 aliphatic carbocycles. The van der Waals surface area contributed by atoms with E-state index in [1.807, 2.05) is 0 Å². The maximum atomic E-state index is 5.95. The molecular formula is C10H13NOS. The SMILES string of the molecule is CSc1ccc2c(c1)OCC[C@H]2N. The van der Waals surface area contributed by atoms with Gasteiger partial charge < -0.3 is 10.5 Å². The van der Waals surface area contributed by atoms with Crippen molar-refractivity contribution < 1.29 is 4.74 Å². The number of fused-ring (bicyclic) bond motifs is 1. The first kappa shape index (κ1) is 8.91. The summed E-state index contributed by atoms with van der Waals surface area (Å²) in [6.45, 7) is 0.742. The largest absolute Gasteiger partial charge is 0.493 e. The summed E-state index contributed by atoms with van der Waals surface area (Å²) in [4.78, 5) is 1.23. The van der Waals surface area contributed by atoms with Crippen LogP contribution in [0.3, 0.4) is 0 Å². The van der Waals surface area contributed by atoms with Crippen molar-refractivity contribution in [2.24, 2.45) is 5.73 Å². The topological polar surface area (TPSA) is 35.2 Å². The summed E-state index contributed by atoms with van der Waals surface area (Å²) in [7, 11) is 0. The van der Waals surface area contributed by atoms with E-state index in [9.17, 15) is 0 Å². The quantitative estimate of drug-likeness (QED) is 0.698. The predicted octanol–water partition coefficient (Wildman–Crippen LogP) is 2.19. The Bertz CT molecular complexity index is 314. The molecule has 0 unspecified atom stereocenters. The molecule has 0 aromatic heterocycles. The first-order valence-electron chi connectivity index (χ1n) is 4.37. The summed E-state index contributed by atoms with van der Waals surface area (Å²) >= 11 is 1.72. The van der Waals surface area contributed by atoms with E-state index in [-0.39, 0.29) is 6.04 Å². The summed E-state index contributed by atoms with van der Waals surface area (Å²) in [6.07, 6.45) is 2.98. The van der Waals surface area contributed by atoms with Gasteiger partial charge in [-0.05, 0) is 18.4 Å². The van der Waals surface area contributed by atoms with E-state index in [2.05, 4.69) is 24.5 Å². The van der Waals surface area contributed by atoms with Crippen molar-refractivity contribution >= 4 is 11.8 Å². The third kappa shape index (κ3) is 1.67. The third-order valence-corrected chi connectivity index (χ3v) is 3.03. The van der Waals surface area contributed by atoms with E-state index in [4.69, 9.17) is 10.5 Å². The fourth-order valence-electron chi connectivity index (χ4n) is 1.52. The summed E-state index contributed by atoms with van der Waals surface area (Å²) in [6, 6.07) is 6.39. The number of hydrogen-bond acceptors (Lipinski definition) is 3. The molecule has 1 aliphatic heterocycles. The van der Waals surface area contributed by atoms with E-state index in [0.717, 1.165) is 24.3 Å². The molecule has 0 saturated carbocycles. The Labute approximate surface area is 82.5 Å². The Kier molecular flexibility index (Phi) is 2.47. The molecule has 2 rings (SSSR count). The van der Waals surface area contributed by atoms with E-state index >= 15 is 0 Å². The number of ether oxygens (including phenoxy) is 1. The van der Waals surface area contributed by atoms with Crippen LogP contribution >= 0.6 is 11.8 Å². The number of thioether (sulfide) groups is 1. The van der Waals surface area contributed by atoms with Gasteiger partial charge in [0.05, 0.1) is 6.61 Å². The zero-order valence-corrected chi connectivity index (χ0v) is 8.43. The summed E-state index contributed by atoms with van der Waals surface area (Å²) in [5, 5.41) is 0. The average molecular weight is 195 g/mol. The molecule has 1 aromatic carbocycles. The van der Waals surface area contributed by atoms with Crippen LogP contribution in [-0.2, 0) is 0 Å². The molecule has 13 heavy (non-hydrogen) atoms. The van der Waals surface area contributed by atoms with Crippen molar-refractivity contribution in [2.75, 3.05) is 12.9 Å². The van der Waals surface area contributed by atoms with Gasteiger partial charge in [-0.15, -0.1) is 11.8 Å². The van der Waals surface area contributed by atoms with Gasteiger partial charge >= 0.3 is 0 Å². The second-order valence-corrected chi connectivity index (χ2v) is 4.03. The van der Waals surface area contributed by atoms with Crippen molar-refractivity contribution in [3.8, 4) is 5.75 Å². The highest BCUT2D eigenvalue weighted by Crippen LogP contribution is 2.33. The van der Waals surface area contributed by atoms with Gasteiger partial charge in [0.2, 0.25) is 0 Å². The van der Waals surface area contributed by atoms with Crippen LogP contribution in [0.2, 0.25) is 0 Å². The van der Waals surface area contributed by atoms with Crippen molar-refractivity contribution in [3.05, 3.63) is 23.8 Å². The van der Waals surface area contributed by atoms with Gasteiger partial charge in [-0.1, -0.05) is 6.07 Å². The van der Waals surface area contributed by atoms with E-state index in [1.165, 1.54) is 4.90 Å². The molecule has 0 saturated heterocycles. The van der Waals surface area contributed by atoms with Gasteiger partial charge in [0.25, 0.3) is 0 Å². The highest BCUT2D eigenvalue weighted by atomic mass is 32.2. The molecule has 0 bridgehead atoms. The van der Waals surface area contributed by atoms with Crippen LogP contribution in [-0.4, -0.2) is 12.9 Å². The van der Waals surface area contributed by atoms with Gasteiger partial charge in [0.1, 0.15) is 5.75 Å². The number of hydrogen-bond donors (Lipinski definition) is 1. The smallest absolute Gasteiger partial charge is 0.125 e. The van der Waals surface area contributed by atoms with Gasteiger partial charge in [-0.2, -0.15) is 0 Å². The second kappa shape index (κ2) is 3.60. The number of rotatable bonds is 1. The van der Waals surface area contributed by atoms with E-state index in [0.29, 0.717) is 0 Å². The fraction of sp³-hybridized carbons (Fsp3) is 0.400. The lowest BCUT2D eigenvalue weighted by Gasteiger charge is -2.23. The third-order valence-electron chi connectivity index (χ3n) is 2.31. The van der Waals surface area contributed by atoms with Gasteiger partial charge in [0, 0.05) is 22.9 Å². The normalized spacial score (nSPS) is 20.6. The first-order valence-corrected chi connectivity index (χ1v) is 5.60. The fourth-order valence-corrected chi connectivity index (χ4v) is 1.95. The van der Waals surface area contributed by atoms with Crippen LogP contribution in [0, 0.1) is 0 Å². The van der Waals surface area contributed by atoms with Crippen LogP contribution in [0.5, 0.6) is 5.75 Å². The monoisotopic (exact) mass is 195 g/mol. The Balaban J connectivity index is 2.39. The second-order valence-electron chi connectivity index (χ2n) is 3.15. The van der Waals surface area contributed by atoms with Crippen molar-refractivity contribution in [1.29, 1.82) is 0 Å². The van der Waals surface area contributed by atoms with Crippen molar-refractivity contribution in [3.63, 3.8) is 0 Å². The summed E-state index contributed by atoms with van der Waals surface area (Å²) in [5.41, 5.74) is 7.09. The maximum Gasteiger partial charge on any atom is 0.125 e. The molecular weight excluding hydrogens is 182 g/mol. The Morgan fingerprint density at radius 3 is 3.15 bits per heavy atom. The molecule has 1 aromatic rings. The zero-order chi connectivity index (χ0) is 9.26. The lowest BCUT2D eigenvalue weighted by molar-refractivity contribution is 0.268. The number of nitrogens with two attached hydrogens (primary N) is 1. The lowest BCUT2D eigenvalue weighted by atomic mass is 10.0. The minimum Gasteiger partial charge on any atom is -0.493 e. The van der Waals surface area contributed by atoms with Crippen LogP contribution in [0.4, 0.5) is 0 Å². The molecule has 2 nitrogen and oxygen atoms in total. The van der Waals surface area contributed by atoms with Crippen molar-refractivity contribution in [1.82, 2.24) is 0 Å². The maximum absolute atomic E-state index is 5.95. The molecule has 70 valence electrons. The van der Waals surface area contributed by atoms with Crippen LogP contribution in [0.15, 0.2) is 23.1 Å². The Morgan fingerprint density at radius 2 is 2.38 bits per heavy atom. The van der Waals surface area contributed by atoms with Crippen LogP contribution < -0.4 is 10.5 Å². The molecule has 0 spiro atoms. The standard InChI is InChI=1S/C10H13NOS/c1-13-7-2-3-8-9(11)4-5-12-10(8)6-7/h2-3,6,9H,4-5,11H2,1H3/t9-/m1/s1. The van der Waals surface area contributed by atoms with Gasteiger partial charge in [-0.3, -0.25) is 0 Å². The molecule has 0 amide bonds. The molecule has 0 fully saturated rings. The predicted molar refractivity (Wildman–Crippen MR) is 55.3 cm³/mol. The molecule has 3 heteroatoms. The Hall–Kier alpha value is -0.670. The highest BCUT2D eigenvalue weighted by Gasteiger charge is 2.17. The minimum absolute atomic E-state index is 0.152. The molecule has 1 atom stereocenters. The zero-order valence-electron chi connectivity index (χ0n) is 7.62. The Morgan fingerprint density at radius 1 is 1.54 bits per heavy atom. The van der Waals surface area contributed by atoms with Gasteiger partial charge in [-0.25, -0.2) is 0 Å². The molecule has 1 aliphatic rings. The van der Waals surface area contributed by atoms with E-state index in [1.54, 1.807) is 11.8 Å². The first-order chi connectivity index (χ1) is 6.31. The van der Waals surface area contributed by atoms with Crippen LogP contribution in [0.1, 0.15) is 18.0 Å². The molecule has 1 heterocycles. The summed E-state index contributed by atoms with van der Waals surface area (Å²) < 4.78 is 5.54. The number of benzene rings is 1. The summed E-state index contributed by atoms with van der Waals surface area (Å²) in [5.74, 6) is 0.964. The van der Waals surface area contributed by atoms with Crippen molar-refractivity contribution in [2.45, 2.75) is 17.4 Å². The van der Waals surface area contributed by atoms with Gasteiger partial charge in [0.15, 0.2) is 0 Å². The highest BCUT2D eigenvalue weighted by molar-refractivity contribution is 7.98. The molecule has 0 radical (unpaired) electrons.